The van der Waals surface area contributed by atoms with Crippen molar-refractivity contribution in [2.45, 2.75) is 0 Å². The Morgan fingerprint density at radius 1 is 1.11 bits per heavy atom. The largest absolute Gasteiger partial charge is 0.452 e. The molecule has 0 spiro atoms. The average molecular weight is 392 g/mol. The number of hydrogen-bond donors (Lipinski definition) is 2. The lowest BCUT2D eigenvalue weighted by Crippen LogP contribution is -2.21. The van der Waals surface area contributed by atoms with Crippen molar-refractivity contribution in [1.82, 2.24) is 5.32 Å². The van der Waals surface area contributed by atoms with Crippen LogP contribution in [-0.4, -0.2) is 36.4 Å². The van der Waals surface area contributed by atoms with Crippen LogP contribution in [0.4, 0.5) is 11.4 Å². The highest BCUT2D eigenvalue weighted by atomic mass is 35.5. The third kappa shape index (κ3) is 5.25. The van der Waals surface area contributed by atoms with E-state index in [0.717, 1.165) is 6.07 Å². The third-order valence-corrected chi connectivity index (χ3v) is 3.69. The number of ether oxygens (including phenoxy) is 1. The fraction of sp³-hybridized carbons (Fsp3) is 0.118. The van der Waals surface area contributed by atoms with Crippen LogP contribution in [0.1, 0.15) is 20.7 Å². The Labute approximate surface area is 158 Å². The van der Waals surface area contributed by atoms with Crippen molar-refractivity contribution < 1.29 is 24.0 Å². The zero-order valence-electron chi connectivity index (χ0n) is 14.0. The molecule has 0 aliphatic heterocycles. The van der Waals surface area contributed by atoms with Crippen molar-refractivity contribution >= 4 is 40.8 Å². The number of carbonyl (C=O) groups excluding carboxylic acids is 3. The van der Waals surface area contributed by atoms with Gasteiger partial charge in [-0.05, 0) is 36.4 Å². The van der Waals surface area contributed by atoms with Gasteiger partial charge >= 0.3 is 5.97 Å². The van der Waals surface area contributed by atoms with E-state index in [1.807, 2.05) is 0 Å². The summed E-state index contributed by atoms with van der Waals surface area (Å²) in [7, 11) is 1.50. The lowest BCUT2D eigenvalue weighted by atomic mass is 10.2. The monoisotopic (exact) mass is 391 g/mol. The third-order valence-electron chi connectivity index (χ3n) is 3.37. The molecule has 0 aliphatic rings. The van der Waals surface area contributed by atoms with E-state index in [9.17, 15) is 24.5 Å². The Bertz CT molecular complexity index is 898. The minimum Gasteiger partial charge on any atom is -0.452 e. The molecule has 0 heterocycles. The number of nitrogens with zero attached hydrogens (tertiary/aromatic N) is 1. The number of rotatable bonds is 6. The smallest absolute Gasteiger partial charge is 0.338 e. The molecule has 2 N–H and O–H groups in total. The molecule has 2 aromatic rings. The molecule has 0 atom stereocenters. The highest BCUT2D eigenvalue weighted by Gasteiger charge is 2.18. The Morgan fingerprint density at radius 2 is 1.74 bits per heavy atom. The second-order valence-electron chi connectivity index (χ2n) is 5.20. The highest BCUT2D eigenvalue weighted by molar-refractivity contribution is 6.32. The summed E-state index contributed by atoms with van der Waals surface area (Å²) in [6, 6.07) is 9.51. The summed E-state index contributed by atoms with van der Waals surface area (Å²) in [5.74, 6) is -1.78. The average Bonchev–Trinajstić information content (AvgIpc) is 2.66. The van der Waals surface area contributed by atoms with E-state index < -0.39 is 29.1 Å². The van der Waals surface area contributed by atoms with E-state index in [2.05, 4.69) is 10.6 Å². The second-order valence-corrected chi connectivity index (χ2v) is 5.61. The quantitative estimate of drug-likeness (QED) is 0.442. The van der Waals surface area contributed by atoms with Gasteiger partial charge in [-0.1, -0.05) is 11.6 Å². The van der Waals surface area contributed by atoms with Crippen LogP contribution in [0, 0.1) is 10.1 Å². The number of nitrogens with one attached hydrogen (secondary N) is 2. The van der Waals surface area contributed by atoms with Crippen LogP contribution in [-0.2, 0) is 9.53 Å². The normalized spacial score (nSPS) is 10.0. The SMILES string of the molecule is CNC(=O)c1ccc(NC(=O)COC(=O)c2ccc(Cl)c([N+](=O)[O-])c2)cc1. The summed E-state index contributed by atoms with van der Waals surface area (Å²) in [4.78, 5) is 45.3. The van der Waals surface area contributed by atoms with Crippen LogP contribution in [0.25, 0.3) is 0 Å². The molecule has 0 saturated heterocycles. The van der Waals surface area contributed by atoms with E-state index in [0.29, 0.717) is 11.3 Å². The molecule has 0 aliphatic carbocycles. The number of carbonyl (C=O) groups is 3. The van der Waals surface area contributed by atoms with E-state index in [4.69, 9.17) is 16.3 Å². The summed E-state index contributed by atoms with van der Waals surface area (Å²) >= 11 is 5.67. The zero-order valence-corrected chi connectivity index (χ0v) is 14.8. The summed E-state index contributed by atoms with van der Waals surface area (Å²) in [5.41, 5.74) is 0.290. The van der Waals surface area contributed by atoms with E-state index in [1.54, 1.807) is 0 Å². The van der Waals surface area contributed by atoms with E-state index >= 15 is 0 Å². The molecule has 2 aromatic carbocycles. The van der Waals surface area contributed by atoms with Crippen LogP contribution < -0.4 is 10.6 Å². The van der Waals surface area contributed by atoms with Gasteiger partial charge in [0.2, 0.25) is 0 Å². The lowest BCUT2D eigenvalue weighted by Gasteiger charge is -2.07. The minimum atomic E-state index is -0.903. The van der Waals surface area contributed by atoms with Crippen molar-refractivity contribution in [3.05, 3.63) is 68.7 Å². The summed E-state index contributed by atoms with van der Waals surface area (Å²) in [6.07, 6.45) is 0. The van der Waals surface area contributed by atoms with Gasteiger partial charge in [0.15, 0.2) is 6.61 Å². The van der Waals surface area contributed by atoms with Gasteiger partial charge in [-0.2, -0.15) is 0 Å². The molecule has 27 heavy (non-hydrogen) atoms. The van der Waals surface area contributed by atoms with Crippen LogP contribution in [0.2, 0.25) is 5.02 Å². The predicted molar refractivity (Wildman–Crippen MR) is 96.9 cm³/mol. The van der Waals surface area contributed by atoms with Crippen molar-refractivity contribution in [2.24, 2.45) is 0 Å². The fourth-order valence-electron chi connectivity index (χ4n) is 2.04. The maximum atomic E-state index is 11.9. The Balaban J connectivity index is 1.93. The van der Waals surface area contributed by atoms with Gasteiger partial charge in [0, 0.05) is 24.4 Å². The maximum absolute atomic E-state index is 11.9. The fourth-order valence-corrected chi connectivity index (χ4v) is 2.23. The van der Waals surface area contributed by atoms with Crippen molar-refractivity contribution in [1.29, 1.82) is 0 Å². The van der Waals surface area contributed by atoms with Gasteiger partial charge in [0.05, 0.1) is 10.5 Å². The number of amides is 2. The maximum Gasteiger partial charge on any atom is 0.338 e. The lowest BCUT2D eigenvalue weighted by molar-refractivity contribution is -0.384. The number of benzene rings is 2. The highest BCUT2D eigenvalue weighted by Crippen LogP contribution is 2.25. The minimum absolute atomic E-state index is 0.103. The molecule has 0 radical (unpaired) electrons. The Morgan fingerprint density at radius 3 is 2.33 bits per heavy atom. The van der Waals surface area contributed by atoms with Crippen LogP contribution in [0.3, 0.4) is 0 Å². The van der Waals surface area contributed by atoms with Gasteiger partial charge in [-0.25, -0.2) is 4.79 Å². The Hall–Kier alpha value is -3.46. The van der Waals surface area contributed by atoms with Crippen molar-refractivity contribution in [3.8, 4) is 0 Å². The summed E-state index contributed by atoms with van der Waals surface area (Å²) in [6.45, 7) is -0.591. The van der Waals surface area contributed by atoms with Gasteiger partial charge < -0.3 is 15.4 Å². The molecule has 0 saturated carbocycles. The first-order chi connectivity index (χ1) is 12.8. The van der Waals surface area contributed by atoms with Crippen LogP contribution in [0.15, 0.2) is 42.5 Å². The van der Waals surface area contributed by atoms with Crippen LogP contribution >= 0.6 is 11.6 Å². The first-order valence-electron chi connectivity index (χ1n) is 7.55. The molecule has 0 fully saturated rings. The molecule has 0 aromatic heterocycles. The van der Waals surface area contributed by atoms with Crippen LogP contribution in [0.5, 0.6) is 0 Å². The number of hydrogen-bond acceptors (Lipinski definition) is 6. The van der Waals surface area contributed by atoms with Crippen molar-refractivity contribution in [3.63, 3.8) is 0 Å². The second kappa shape index (κ2) is 8.77. The molecule has 140 valence electrons. The van der Waals surface area contributed by atoms with Gasteiger partial charge in [0.25, 0.3) is 17.5 Å². The van der Waals surface area contributed by atoms with Gasteiger partial charge in [-0.15, -0.1) is 0 Å². The molecule has 9 nitrogen and oxygen atoms in total. The van der Waals surface area contributed by atoms with Gasteiger partial charge in [0.1, 0.15) is 5.02 Å². The first kappa shape index (κ1) is 19.9. The molecule has 10 heteroatoms. The first-order valence-corrected chi connectivity index (χ1v) is 7.92. The zero-order chi connectivity index (χ0) is 20.0. The summed E-state index contributed by atoms with van der Waals surface area (Å²) in [5, 5.41) is 15.7. The van der Waals surface area contributed by atoms with Gasteiger partial charge in [-0.3, -0.25) is 19.7 Å². The summed E-state index contributed by atoms with van der Waals surface area (Å²) < 4.78 is 4.84. The van der Waals surface area contributed by atoms with E-state index in [1.165, 1.54) is 43.4 Å². The topological polar surface area (TPSA) is 128 Å². The molecular weight excluding hydrogens is 378 g/mol. The molecule has 2 amide bonds. The molecular formula is C17H14ClN3O6. The number of anilines is 1. The van der Waals surface area contributed by atoms with E-state index in [-0.39, 0.29) is 16.5 Å². The number of halogens is 1. The predicted octanol–water partition coefficient (Wildman–Crippen LogP) is 2.40. The molecule has 0 unspecified atom stereocenters. The molecule has 2 rings (SSSR count). The Kier molecular flexibility index (Phi) is 6.45. The van der Waals surface area contributed by atoms with Crippen molar-refractivity contribution in [2.75, 3.05) is 19.0 Å². The number of nitro groups is 1. The standard InChI is InChI=1S/C17H14ClN3O6/c1-19-16(23)10-2-5-12(6-3-10)20-15(22)9-27-17(24)11-4-7-13(18)14(8-11)21(25)26/h2-8H,9H2,1H3,(H,19,23)(H,20,22). The number of nitro benzene ring substituents is 1. The number of esters is 1. The molecule has 0 bridgehead atoms.